The van der Waals surface area contributed by atoms with Crippen molar-refractivity contribution in [3.05, 3.63) is 59.9 Å². The Morgan fingerprint density at radius 3 is 2.77 bits per heavy atom. The van der Waals surface area contributed by atoms with Crippen LogP contribution in [-0.4, -0.2) is 34.6 Å². The topological polar surface area (TPSA) is 30.3 Å². The van der Waals surface area contributed by atoms with Crippen LogP contribution in [0.25, 0.3) is 11.0 Å². The molecule has 7 heteroatoms. The standard InChI is InChI=1S/C24H28F3N3O/c1-29-13-5-7-18(16-29)8-6-14-30-22-12-3-2-11-21(22)28-23(30)17-31-20-10-4-9-19(15-20)24(25,26)27/h2-4,9-12,15,18H,5-8,13-14,16-17H2,1H3. The minimum Gasteiger partial charge on any atom is -0.486 e. The van der Waals surface area contributed by atoms with E-state index >= 15 is 0 Å². The minimum absolute atomic E-state index is 0.127. The SMILES string of the molecule is CN1CCCC(CCCn2c(COc3cccc(C(F)(F)F)c3)nc3ccccc32)C1. The number of alkyl halides is 3. The fraction of sp³-hybridized carbons (Fsp3) is 0.458. The van der Waals surface area contributed by atoms with Crippen LogP contribution in [0, 0.1) is 5.92 Å². The molecule has 3 aromatic rings. The molecule has 1 aliphatic heterocycles. The maximum atomic E-state index is 13.0. The van der Waals surface area contributed by atoms with E-state index in [4.69, 9.17) is 4.74 Å². The summed E-state index contributed by atoms with van der Waals surface area (Å²) in [6.07, 6.45) is 0.339. The molecule has 1 atom stereocenters. The van der Waals surface area contributed by atoms with Gasteiger partial charge < -0.3 is 14.2 Å². The molecule has 166 valence electrons. The third-order valence-corrected chi connectivity index (χ3v) is 5.98. The molecule has 1 aliphatic rings. The Balaban J connectivity index is 1.46. The fourth-order valence-corrected chi connectivity index (χ4v) is 4.44. The van der Waals surface area contributed by atoms with Crippen LogP contribution in [0.4, 0.5) is 13.2 Å². The van der Waals surface area contributed by atoms with Gasteiger partial charge in [0.05, 0.1) is 16.6 Å². The average Bonchev–Trinajstić information content (AvgIpc) is 3.10. The molecule has 31 heavy (non-hydrogen) atoms. The van der Waals surface area contributed by atoms with E-state index in [1.165, 1.54) is 25.5 Å². The first-order chi connectivity index (χ1) is 14.9. The third kappa shape index (κ3) is 5.39. The molecule has 0 bridgehead atoms. The van der Waals surface area contributed by atoms with Gasteiger partial charge in [-0.25, -0.2) is 4.98 Å². The second-order valence-corrected chi connectivity index (χ2v) is 8.40. The number of benzene rings is 2. The van der Waals surface area contributed by atoms with E-state index in [0.29, 0.717) is 0 Å². The second-order valence-electron chi connectivity index (χ2n) is 8.40. The molecule has 1 aromatic heterocycles. The first-order valence-electron chi connectivity index (χ1n) is 10.8. The van der Waals surface area contributed by atoms with Gasteiger partial charge in [-0.2, -0.15) is 13.2 Å². The van der Waals surface area contributed by atoms with Gasteiger partial charge in [0.25, 0.3) is 0 Å². The zero-order chi connectivity index (χ0) is 21.8. The fourth-order valence-electron chi connectivity index (χ4n) is 4.44. The maximum Gasteiger partial charge on any atom is 0.416 e. The van der Waals surface area contributed by atoms with Crippen molar-refractivity contribution in [2.45, 2.75) is 45.0 Å². The Labute approximate surface area is 180 Å². The van der Waals surface area contributed by atoms with E-state index in [-0.39, 0.29) is 12.4 Å². The first-order valence-corrected chi connectivity index (χ1v) is 10.8. The Kier molecular flexibility index (Phi) is 6.51. The summed E-state index contributed by atoms with van der Waals surface area (Å²) in [6, 6.07) is 12.9. The second kappa shape index (κ2) is 9.30. The first kappa shape index (κ1) is 21.7. The van der Waals surface area contributed by atoms with Crippen molar-refractivity contribution in [2.24, 2.45) is 5.92 Å². The normalized spacial score (nSPS) is 17.9. The Bertz CT molecular complexity index is 1010. The zero-order valence-electron chi connectivity index (χ0n) is 17.7. The number of hydrogen-bond donors (Lipinski definition) is 0. The summed E-state index contributed by atoms with van der Waals surface area (Å²) in [5.41, 5.74) is 1.20. The van der Waals surface area contributed by atoms with Gasteiger partial charge in [-0.05, 0) is 75.5 Å². The van der Waals surface area contributed by atoms with Crippen LogP contribution in [-0.2, 0) is 19.3 Å². The highest BCUT2D eigenvalue weighted by Gasteiger charge is 2.30. The third-order valence-electron chi connectivity index (χ3n) is 5.98. The Hall–Kier alpha value is -2.54. The highest BCUT2D eigenvalue weighted by molar-refractivity contribution is 5.75. The zero-order valence-corrected chi connectivity index (χ0v) is 17.7. The molecule has 4 rings (SSSR count). The number of halogens is 3. The summed E-state index contributed by atoms with van der Waals surface area (Å²) >= 11 is 0. The predicted octanol–water partition coefficient (Wildman–Crippen LogP) is 5.76. The van der Waals surface area contributed by atoms with E-state index in [0.717, 1.165) is 60.8 Å². The number of likely N-dealkylation sites (tertiary alicyclic amines) is 1. The number of piperidine rings is 1. The Morgan fingerprint density at radius 2 is 1.97 bits per heavy atom. The van der Waals surface area contributed by atoms with Gasteiger partial charge in [0, 0.05) is 13.1 Å². The molecule has 1 unspecified atom stereocenters. The monoisotopic (exact) mass is 431 g/mol. The highest BCUT2D eigenvalue weighted by atomic mass is 19.4. The number of aromatic nitrogens is 2. The van der Waals surface area contributed by atoms with Crippen LogP contribution in [0.5, 0.6) is 5.75 Å². The largest absolute Gasteiger partial charge is 0.486 e. The van der Waals surface area contributed by atoms with Gasteiger partial charge in [0.1, 0.15) is 18.2 Å². The summed E-state index contributed by atoms with van der Waals surface area (Å²) in [4.78, 5) is 7.08. The number of imidazole rings is 1. The summed E-state index contributed by atoms with van der Waals surface area (Å²) in [5, 5.41) is 0. The van der Waals surface area contributed by atoms with Crippen LogP contribution >= 0.6 is 0 Å². The molecule has 1 saturated heterocycles. The van der Waals surface area contributed by atoms with Gasteiger partial charge in [0.15, 0.2) is 0 Å². The van der Waals surface area contributed by atoms with Crippen LogP contribution < -0.4 is 4.74 Å². The highest BCUT2D eigenvalue weighted by Crippen LogP contribution is 2.31. The molecule has 1 fully saturated rings. The molecule has 0 saturated carbocycles. The molecule has 0 amide bonds. The van der Waals surface area contributed by atoms with Gasteiger partial charge >= 0.3 is 6.18 Å². The summed E-state index contributed by atoms with van der Waals surface area (Å²) < 4.78 is 46.8. The lowest BCUT2D eigenvalue weighted by molar-refractivity contribution is -0.137. The Morgan fingerprint density at radius 1 is 1.13 bits per heavy atom. The lowest BCUT2D eigenvalue weighted by Crippen LogP contribution is -2.32. The van der Waals surface area contributed by atoms with Crippen LogP contribution in [0.15, 0.2) is 48.5 Å². The number of ether oxygens (including phenoxy) is 1. The van der Waals surface area contributed by atoms with Crippen molar-refractivity contribution in [1.82, 2.24) is 14.5 Å². The summed E-state index contributed by atoms with van der Waals surface area (Å²) in [6.45, 7) is 3.28. The molecule has 2 heterocycles. The molecule has 0 spiro atoms. The molecule has 0 N–H and O–H groups in total. The van der Waals surface area contributed by atoms with Gasteiger partial charge in [-0.1, -0.05) is 18.2 Å². The van der Waals surface area contributed by atoms with Crippen LogP contribution in [0.1, 0.15) is 37.1 Å². The van der Waals surface area contributed by atoms with Crippen molar-refractivity contribution >= 4 is 11.0 Å². The van der Waals surface area contributed by atoms with E-state index in [1.54, 1.807) is 6.07 Å². The van der Waals surface area contributed by atoms with Crippen LogP contribution in [0.3, 0.4) is 0 Å². The van der Waals surface area contributed by atoms with Crippen molar-refractivity contribution < 1.29 is 17.9 Å². The van der Waals surface area contributed by atoms with E-state index < -0.39 is 11.7 Å². The van der Waals surface area contributed by atoms with Crippen molar-refractivity contribution in [2.75, 3.05) is 20.1 Å². The number of hydrogen-bond acceptors (Lipinski definition) is 3. The molecular formula is C24H28F3N3O. The number of fused-ring (bicyclic) bond motifs is 1. The number of para-hydroxylation sites is 2. The predicted molar refractivity (Wildman–Crippen MR) is 115 cm³/mol. The van der Waals surface area contributed by atoms with E-state index in [1.807, 2.05) is 24.3 Å². The van der Waals surface area contributed by atoms with E-state index in [2.05, 4.69) is 21.5 Å². The average molecular weight is 432 g/mol. The smallest absolute Gasteiger partial charge is 0.416 e. The summed E-state index contributed by atoms with van der Waals surface area (Å²) in [7, 11) is 2.18. The van der Waals surface area contributed by atoms with Crippen LogP contribution in [0.2, 0.25) is 0 Å². The quantitative estimate of drug-likeness (QED) is 0.477. The number of rotatable bonds is 7. The molecule has 2 aromatic carbocycles. The van der Waals surface area contributed by atoms with Gasteiger partial charge in [-0.3, -0.25) is 0 Å². The molecular weight excluding hydrogens is 403 g/mol. The van der Waals surface area contributed by atoms with Crippen molar-refractivity contribution in [3.8, 4) is 5.75 Å². The molecule has 0 aliphatic carbocycles. The number of nitrogens with zero attached hydrogens (tertiary/aromatic N) is 3. The van der Waals surface area contributed by atoms with Crippen molar-refractivity contribution in [1.29, 1.82) is 0 Å². The summed E-state index contributed by atoms with van der Waals surface area (Å²) in [5.74, 6) is 1.65. The maximum absolute atomic E-state index is 13.0. The van der Waals surface area contributed by atoms with Gasteiger partial charge in [0.2, 0.25) is 0 Å². The molecule has 4 nitrogen and oxygen atoms in total. The van der Waals surface area contributed by atoms with E-state index in [9.17, 15) is 13.2 Å². The number of aryl methyl sites for hydroxylation is 1. The lowest BCUT2D eigenvalue weighted by Gasteiger charge is -2.29. The van der Waals surface area contributed by atoms with Gasteiger partial charge in [-0.15, -0.1) is 0 Å². The lowest BCUT2D eigenvalue weighted by atomic mass is 9.94. The molecule has 0 radical (unpaired) electrons. The van der Waals surface area contributed by atoms with Crippen molar-refractivity contribution in [3.63, 3.8) is 0 Å². The minimum atomic E-state index is -4.39.